The predicted octanol–water partition coefficient (Wildman–Crippen LogP) is -0.328. The van der Waals surface area contributed by atoms with Crippen molar-refractivity contribution in [3.8, 4) is 0 Å². The Hall–Kier alpha value is -1.36. The van der Waals surface area contributed by atoms with Gasteiger partial charge in [0, 0.05) is 18.7 Å². The second-order valence-electron chi connectivity index (χ2n) is 2.39. The molecule has 1 aromatic rings. The maximum absolute atomic E-state index is 11.2. The van der Waals surface area contributed by atoms with E-state index >= 15 is 0 Å². The fourth-order valence-electron chi connectivity index (χ4n) is 0.776. The van der Waals surface area contributed by atoms with E-state index in [1.165, 1.54) is 6.26 Å². The maximum atomic E-state index is 11.2. The van der Waals surface area contributed by atoms with E-state index in [0.717, 1.165) is 5.56 Å². The van der Waals surface area contributed by atoms with Gasteiger partial charge in [-0.05, 0) is 6.92 Å². The number of aromatic nitrogens is 1. The number of nitrogens with two attached hydrogens (primary N) is 1. The highest BCUT2D eigenvalue weighted by molar-refractivity contribution is 5.93. The van der Waals surface area contributed by atoms with E-state index in [1.807, 2.05) is 0 Å². The third-order valence-corrected chi connectivity index (χ3v) is 1.39. The van der Waals surface area contributed by atoms with Crippen molar-refractivity contribution in [1.82, 2.24) is 10.5 Å². The average Bonchev–Trinajstić information content (AvgIpc) is 2.47. The van der Waals surface area contributed by atoms with Crippen LogP contribution in [0.1, 0.15) is 16.1 Å². The molecule has 0 aromatic carbocycles. The first kappa shape index (κ1) is 8.73. The van der Waals surface area contributed by atoms with Crippen molar-refractivity contribution in [3.63, 3.8) is 0 Å². The van der Waals surface area contributed by atoms with Gasteiger partial charge in [0.15, 0.2) is 5.69 Å². The molecule has 1 amide bonds. The Bertz CT molecular complexity index is 269. The highest BCUT2D eigenvalue weighted by Crippen LogP contribution is 2.03. The summed E-state index contributed by atoms with van der Waals surface area (Å²) in [7, 11) is 0. The summed E-state index contributed by atoms with van der Waals surface area (Å²) in [4.78, 5) is 11.2. The van der Waals surface area contributed by atoms with Gasteiger partial charge in [-0.2, -0.15) is 0 Å². The lowest BCUT2D eigenvalue weighted by Gasteiger charge is -1.99. The van der Waals surface area contributed by atoms with Crippen LogP contribution in [0.25, 0.3) is 0 Å². The first-order valence-corrected chi connectivity index (χ1v) is 3.65. The average molecular weight is 169 g/mol. The minimum absolute atomic E-state index is 0.244. The standard InChI is InChI=1S/C7H11N3O2/c1-5-4-12-10-6(5)7(11)9-3-2-8/h4H,2-3,8H2,1H3,(H,9,11). The molecule has 5 heteroatoms. The van der Waals surface area contributed by atoms with Crippen molar-refractivity contribution in [2.45, 2.75) is 6.92 Å². The Morgan fingerprint density at radius 1 is 1.83 bits per heavy atom. The number of hydrogen-bond acceptors (Lipinski definition) is 4. The van der Waals surface area contributed by atoms with Gasteiger partial charge in [-0.15, -0.1) is 0 Å². The number of rotatable bonds is 3. The normalized spacial score (nSPS) is 9.83. The van der Waals surface area contributed by atoms with Crippen molar-refractivity contribution in [1.29, 1.82) is 0 Å². The first-order chi connectivity index (χ1) is 5.75. The molecule has 0 saturated heterocycles. The summed E-state index contributed by atoms with van der Waals surface area (Å²) in [6.45, 7) is 2.63. The van der Waals surface area contributed by atoms with Crippen LogP contribution >= 0.6 is 0 Å². The molecule has 0 radical (unpaired) electrons. The van der Waals surface area contributed by atoms with Crippen LogP contribution in [0.4, 0.5) is 0 Å². The van der Waals surface area contributed by atoms with Crippen LogP contribution in [0.15, 0.2) is 10.8 Å². The molecule has 1 aromatic heterocycles. The molecule has 0 aliphatic heterocycles. The summed E-state index contributed by atoms with van der Waals surface area (Å²) in [5.41, 5.74) is 6.26. The smallest absolute Gasteiger partial charge is 0.273 e. The molecule has 0 atom stereocenters. The second-order valence-corrected chi connectivity index (χ2v) is 2.39. The summed E-state index contributed by atoms with van der Waals surface area (Å²) in [6, 6.07) is 0. The molecule has 0 aliphatic rings. The lowest BCUT2D eigenvalue weighted by atomic mass is 10.3. The van der Waals surface area contributed by atoms with Crippen molar-refractivity contribution < 1.29 is 9.32 Å². The molecule has 0 fully saturated rings. The van der Waals surface area contributed by atoms with Crippen LogP contribution in [-0.2, 0) is 0 Å². The molecule has 12 heavy (non-hydrogen) atoms. The molecule has 0 bridgehead atoms. The van der Waals surface area contributed by atoms with Crippen molar-refractivity contribution in [2.75, 3.05) is 13.1 Å². The van der Waals surface area contributed by atoms with Gasteiger partial charge >= 0.3 is 0 Å². The van der Waals surface area contributed by atoms with Gasteiger partial charge in [0.2, 0.25) is 0 Å². The van der Waals surface area contributed by atoms with Crippen LogP contribution in [0, 0.1) is 6.92 Å². The van der Waals surface area contributed by atoms with Crippen LogP contribution in [0.3, 0.4) is 0 Å². The van der Waals surface area contributed by atoms with E-state index in [1.54, 1.807) is 6.92 Å². The molecule has 1 rings (SSSR count). The Morgan fingerprint density at radius 3 is 3.08 bits per heavy atom. The zero-order valence-corrected chi connectivity index (χ0v) is 6.83. The fraction of sp³-hybridized carbons (Fsp3) is 0.429. The Balaban J connectivity index is 2.59. The minimum atomic E-state index is -0.244. The molecule has 0 unspecified atom stereocenters. The van der Waals surface area contributed by atoms with E-state index in [-0.39, 0.29) is 5.91 Å². The third kappa shape index (κ3) is 1.82. The van der Waals surface area contributed by atoms with Crippen molar-refractivity contribution >= 4 is 5.91 Å². The van der Waals surface area contributed by atoms with Crippen LogP contribution < -0.4 is 11.1 Å². The summed E-state index contributed by atoms with van der Waals surface area (Å²) >= 11 is 0. The topological polar surface area (TPSA) is 81.2 Å². The second kappa shape index (κ2) is 3.87. The molecule has 0 aliphatic carbocycles. The number of nitrogens with one attached hydrogen (secondary N) is 1. The van der Waals surface area contributed by atoms with E-state index in [2.05, 4.69) is 15.0 Å². The van der Waals surface area contributed by atoms with Gasteiger partial charge in [0.1, 0.15) is 6.26 Å². The molecule has 3 N–H and O–H groups in total. The van der Waals surface area contributed by atoms with E-state index in [9.17, 15) is 4.79 Å². The van der Waals surface area contributed by atoms with E-state index in [4.69, 9.17) is 5.73 Å². The monoisotopic (exact) mass is 169 g/mol. The number of amides is 1. The van der Waals surface area contributed by atoms with Gasteiger partial charge in [0.25, 0.3) is 5.91 Å². The Labute approximate surface area is 69.9 Å². The Morgan fingerprint density at radius 2 is 2.58 bits per heavy atom. The van der Waals surface area contributed by atoms with Crippen LogP contribution in [0.2, 0.25) is 0 Å². The summed E-state index contributed by atoms with van der Waals surface area (Å²) in [6.07, 6.45) is 1.43. The van der Waals surface area contributed by atoms with E-state index < -0.39 is 0 Å². The number of aryl methyl sites for hydroxylation is 1. The van der Waals surface area contributed by atoms with Crippen LogP contribution in [-0.4, -0.2) is 24.2 Å². The van der Waals surface area contributed by atoms with Gasteiger partial charge in [-0.3, -0.25) is 4.79 Å². The lowest BCUT2D eigenvalue weighted by Crippen LogP contribution is -2.29. The van der Waals surface area contributed by atoms with Crippen molar-refractivity contribution in [2.24, 2.45) is 5.73 Å². The largest absolute Gasteiger partial charge is 0.364 e. The van der Waals surface area contributed by atoms with Gasteiger partial charge < -0.3 is 15.6 Å². The molecule has 0 saturated carbocycles. The minimum Gasteiger partial charge on any atom is -0.364 e. The Kier molecular flexibility index (Phi) is 2.82. The molecule has 1 heterocycles. The van der Waals surface area contributed by atoms with Gasteiger partial charge in [-0.25, -0.2) is 0 Å². The number of carbonyl (C=O) groups excluding carboxylic acids is 1. The fourth-order valence-corrected chi connectivity index (χ4v) is 0.776. The van der Waals surface area contributed by atoms with Gasteiger partial charge in [0.05, 0.1) is 0 Å². The van der Waals surface area contributed by atoms with E-state index in [0.29, 0.717) is 18.8 Å². The zero-order chi connectivity index (χ0) is 8.97. The predicted molar refractivity (Wildman–Crippen MR) is 42.6 cm³/mol. The highest BCUT2D eigenvalue weighted by Gasteiger charge is 2.11. The quantitative estimate of drug-likeness (QED) is 0.649. The molecular formula is C7H11N3O2. The zero-order valence-electron chi connectivity index (χ0n) is 6.83. The molecule has 0 spiro atoms. The summed E-state index contributed by atoms with van der Waals surface area (Å²) < 4.78 is 4.60. The molecule has 66 valence electrons. The van der Waals surface area contributed by atoms with Crippen LogP contribution in [0.5, 0.6) is 0 Å². The maximum Gasteiger partial charge on any atom is 0.273 e. The summed E-state index contributed by atoms with van der Waals surface area (Å²) in [5, 5.41) is 6.13. The number of nitrogens with zero attached hydrogens (tertiary/aromatic N) is 1. The van der Waals surface area contributed by atoms with Crippen molar-refractivity contribution in [3.05, 3.63) is 17.5 Å². The SMILES string of the molecule is Cc1conc1C(=O)NCCN. The number of carbonyl (C=O) groups is 1. The third-order valence-electron chi connectivity index (χ3n) is 1.39. The van der Waals surface area contributed by atoms with Gasteiger partial charge in [-0.1, -0.05) is 5.16 Å². The number of hydrogen-bond donors (Lipinski definition) is 2. The molecule has 5 nitrogen and oxygen atoms in total. The lowest BCUT2D eigenvalue weighted by molar-refractivity contribution is 0.0945. The molecular weight excluding hydrogens is 158 g/mol. The highest BCUT2D eigenvalue weighted by atomic mass is 16.5. The first-order valence-electron chi connectivity index (χ1n) is 3.65. The summed E-state index contributed by atoms with van der Waals surface area (Å²) in [5.74, 6) is -0.244.